The van der Waals surface area contributed by atoms with Crippen molar-refractivity contribution in [1.29, 1.82) is 0 Å². The van der Waals surface area contributed by atoms with E-state index in [9.17, 15) is 19.8 Å². The zero-order chi connectivity index (χ0) is 22.9. The van der Waals surface area contributed by atoms with Crippen LogP contribution in [0.15, 0.2) is 72.6 Å². The van der Waals surface area contributed by atoms with E-state index in [1.807, 2.05) is 12.1 Å². The smallest absolute Gasteiger partial charge is 0.295 e. The van der Waals surface area contributed by atoms with Crippen LogP contribution in [0.5, 0.6) is 11.5 Å². The zero-order valence-electron chi connectivity index (χ0n) is 17.8. The van der Waals surface area contributed by atoms with E-state index in [-0.39, 0.29) is 23.6 Å². The van der Waals surface area contributed by atoms with Gasteiger partial charge >= 0.3 is 0 Å². The van der Waals surface area contributed by atoms with Crippen LogP contribution in [0.25, 0.3) is 5.76 Å². The van der Waals surface area contributed by atoms with Crippen LogP contribution in [0.2, 0.25) is 0 Å². The van der Waals surface area contributed by atoms with Crippen molar-refractivity contribution in [2.45, 2.75) is 25.4 Å². The van der Waals surface area contributed by atoms with Crippen LogP contribution in [0, 0.1) is 0 Å². The van der Waals surface area contributed by atoms with Gasteiger partial charge in [0.1, 0.15) is 17.3 Å². The third-order valence-corrected chi connectivity index (χ3v) is 6.01. The second-order valence-corrected chi connectivity index (χ2v) is 8.15. The molecule has 1 aromatic heterocycles. The van der Waals surface area contributed by atoms with Crippen LogP contribution in [-0.4, -0.2) is 38.4 Å². The van der Waals surface area contributed by atoms with Crippen LogP contribution in [0.4, 0.5) is 0 Å². The minimum atomic E-state index is -0.807. The lowest BCUT2D eigenvalue weighted by molar-refractivity contribution is -0.140. The third kappa shape index (κ3) is 3.82. The molecule has 2 N–H and O–H groups in total. The molecule has 1 fully saturated rings. The van der Waals surface area contributed by atoms with E-state index in [0.29, 0.717) is 17.7 Å². The van der Waals surface area contributed by atoms with Crippen molar-refractivity contribution in [2.75, 3.05) is 6.61 Å². The van der Waals surface area contributed by atoms with E-state index in [1.165, 1.54) is 17.0 Å². The summed E-state index contributed by atoms with van der Waals surface area (Å²) < 4.78 is 5.65. The number of aryl methyl sites for hydroxylation is 1. The van der Waals surface area contributed by atoms with Crippen LogP contribution in [0.3, 0.4) is 0 Å². The number of aliphatic hydroxyl groups excluding tert-OH is 1. The second kappa shape index (κ2) is 8.43. The number of nitrogens with zero attached hydrogens (tertiary/aromatic N) is 2. The highest BCUT2D eigenvalue weighted by molar-refractivity contribution is 6.46. The molecule has 1 amide bonds. The highest BCUT2D eigenvalue weighted by Gasteiger charge is 2.46. The molecule has 2 aliphatic rings. The van der Waals surface area contributed by atoms with Crippen molar-refractivity contribution in [3.05, 3.63) is 94.8 Å². The van der Waals surface area contributed by atoms with Crippen LogP contribution < -0.4 is 4.74 Å². The Morgan fingerprint density at radius 3 is 2.70 bits per heavy atom. The molecule has 2 aliphatic heterocycles. The van der Waals surface area contributed by atoms with Crippen molar-refractivity contribution >= 4 is 17.4 Å². The minimum Gasteiger partial charge on any atom is -0.508 e. The summed E-state index contributed by atoms with van der Waals surface area (Å²) in [5.41, 5.74) is 2.80. The third-order valence-electron chi connectivity index (χ3n) is 6.01. The second-order valence-electron chi connectivity index (χ2n) is 8.15. The molecule has 7 nitrogen and oxygen atoms in total. The van der Waals surface area contributed by atoms with E-state index in [4.69, 9.17) is 4.74 Å². The topological polar surface area (TPSA) is 100.0 Å². The number of hydrogen-bond donors (Lipinski definition) is 2. The number of aromatic hydroxyl groups is 1. The Balaban J connectivity index is 1.63. The van der Waals surface area contributed by atoms with E-state index >= 15 is 0 Å². The molecule has 7 heteroatoms. The molecule has 33 heavy (non-hydrogen) atoms. The van der Waals surface area contributed by atoms with Crippen LogP contribution in [-0.2, 0) is 22.6 Å². The van der Waals surface area contributed by atoms with Gasteiger partial charge < -0.3 is 19.8 Å². The predicted molar refractivity (Wildman–Crippen MR) is 120 cm³/mol. The average Bonchev–Trinajstić information content (AvgIpc) is 3.09. The van der Waals surface area contributed by atoms with Crippen LogP contribution in [0.1, 0.15) is 34.7 Å². The maximum absolute atomic E-state index is 13.2. The Kier molecular flexibility index (Phi) is 5.30. The van der Waals surface area contributed by atoms with Crippen molar-refractivity contribution in [1.82, 2.24) is 9.88 Å². The molecule has 3 heterocycles. The number of rotatable bonds is 4. The van der Waals surface area contributed by atoms with Gasteiger partial charge in [-0.25, -0.2) is 0 Å². The van der Waals surface area contributed by atoms with Gasteiger partial charge in [0.05, 0.1) is 18.2 Å². The molecule has 0 radical (unpaired) electrons. The van der Waals surface area contributed by atoms with E-state index in [1.54, 1.807) is 42.7 Å². The van der Waals surface area contributed by atoms with E-state index in [2.05, 4.69) is 4.98 Å². The van der Waals surface area contributed by atoms with Gasteiger partial charge in [-0.3, -0.25) is 14.6 Å². The number of hydrogen-bond acceptors (Lipinski definition) is 6. The van der Waals surface area contributed by atoms with Gasteiger partial charge in [0, 0.05) is 24.5 Å². The number of carbonyl (C=O) groups excluding carboxylic acids is 2. The van der Waals surface area contributed by atoms with Gasteiger partial charge in [-0.1, -0.05) is 18.2 Å². The quantitative estimate of drug-likeness (QED) is 0.363. The van der Waals surface area contributed by atoms with Gasteiger partial charge in [0.25, 0.3) is 11.7 Å². The summed E-state index contributed by atoms with van der Waals surface area (Å²) >= 11 is 0. The first kappa shape index (κ1) is 20.8. The van der Waals surface area contributed by atoms with Gasteiger partial charge in [-0.2, -0.15) is 0 Å². The summed E-state index contributed by atoms with van der Waals surface area (Å²) in [6.45, 7) is 0.803. The number of pyridine rings is 1. The Morgan fingerprint density at radius 2 is 1.94 bits per heavy atom. The molecule has 5 rings (SSSR count). The number of ketones is 1. The molecule has 0 saturated carbocycles. The predicted octanol–water partition coefficient (Wildman–Crippen LogP) is 3.73. The number of carbonyl (C=O) groups is 2. The number of aliphatic hydroxyl groups is 1. The first-order valence-electron chi connectivity index (χ1n) is 10.8. The number of fused-ring (bicyclic) bond motifs is 1. The molecule has 1 unspecified atom stereocenters. The Morgan fingerprint density at radius 1 is 1.12 bits per heavy atom. The molecule has 3 aromatic rings. The van der Waals surface area contributed by atoms with Crippen molar-refractivity contribution in [2.24, 2.45) is 0 Å². The minimum absolute atomic E-state index is 0.0197. The Bertz CT molecular complexity index is 1250. The van der Waals surface area contributed by atoms with Crippen LogP contribution >= 0.6 is 0 Å². The average molecular weight is 442 g/mol. The summed E-state index contributed by atoms with van der Waals surface area (Å²) in [5.74, 6) is -0.834. The number of ether oxygens (including phenoxy) is 1. The molecule has 0 bridgehead atoms. The lowest BCUT2D eigenvalue weighted by atomic mass is 9.94. The Hall–Kier alpha value is -4.13. The summed E-state index contributed by atoms with van der Waals surface area (Å²) in [6.07, 6.45) is 4.96. The molecule has 2 aromatic carbocycles. The standard InChI is InChI=1S/C26H22N2O5/c29-20-8-5-17(6-9-20)23-22(24(30)19-7-10-21-18(13-19)4-2-12-33-21)25(31)26(32)28(23)15-16-3-1-11-27-14-16/h1,3,5-11,13-14,23,29-30H,2,4,12,15H2/b24-22-. The molecular weight excluding hydrogens is 420 g/mol. The van der Waals surface area contributed by atoms with E-state index in [0.717, 1.165) is 29.7 Å². The van der Waals surface area contributed by atoms with Gasteiger partial charge in [0.2, 0.25) is 0 Å². The molecular formula is C26H22N2O5. The SMILES string of the molecule is O=C1C(=O)N(Cc2cccnc2)C(c2ccc(O)cc2)/C1=C(/O)c1ccc2c(c1)CCCO2. The number of Topliss-reactive ketones (excluding diaryl/α,β-unsaturated/α-hetero) is 1. The monoisotopic (exact) mass is 442 g/mol. The van der Waals surface area contributed by atoms with Crippen molar-refractivity contribution in [3.63, 3.8) is 0 Å². The van der Waals surface area contributed by atoms with Crippen molar-refractivity contribution in [3.8, 4) is 11.5 Å². The van der Waals surface area contributed by atoms with Crippen molar-refractivity contribution < 1.29 is 24.5 Å². The Labute approximate surface area is 190 Å². The van der Waals surface area contributed by atoms with Gasteiger partial charge in [-0.05, 0) is 65.9 Å². The molecule has 166 valence electrons. The number of likely N-dealkylation sites (tertiary alicyclic amines) is 1. The zero-order valence-corrected chi connectivity index (χ0v) is 17.8. The molecule has 0 aliphatic carbocycles. The summed E-state index contributed by atoms with van der Waals surface area (Å²) in [4.78, 5) is 31.8. The van der Waals surface area contributed by atoms with Gasteiger partial charge in [-0.15, -0.1) is 0 Å². The highest BCUT2D eigenvalue weighted by atomic mass is 16.5. The normalized spacial score (nSPS) is 19.3. The maximum Gasteiger partial charge on any atom is 0.295 e. The lowest BCUT2D eigenvalue weighted by Gasteiger charge is -2.25. The first-order chi connectivity index (χ1) is 16.0. The summed E-state index contributed by atoms with van der Waals surface area (Å²) in [6, 6.07) is 14.4. The molecule has 1 saturated heterocycles. The fraction of sp³-hybridized carbons (Fsp3) is 0.192. The number of benzene rings is 2. The fourth-order valence-corrected chi connectivity index (χ4v) is 4.40. The number of amides is 1. The summed E-state index contributed by atoms with van der Waals surface area (Å²) in [5, 5.41) is 21.0. The molecule has 0 spiro atoms. The summed E-state index contributed by atoms with van der Waals surface area (Å²) in [7, 11) is 0. The number of phenolic OH excluding ortho intramolecular Hbond substituents is 1. The number of aromatic nitrogens is 1. The lowest BCUT2D eigenvalue weighted by Crippen LogP contribution is -2.29. The molecule has 1 atom stereocenters. The highest BCUT2D eigenvalue weighted by Crippen LogP contribution is 2.41. The fourth-order valence-electron chi connectivity index (χ4n) is 4.40. The maximum atomic E-state index is 13.2. The van der Waals surface area contributed by atoms with E-state index < -0.39 is 17.7 Å². The number of phenols is 1. The first-order valence-corrected chi connectivity index (χ1v) is 10.8. The van der Waals surface area contributed by atoms with Gasteiger partial charge in [0.15, 0.2) is 0 Å². The largest absolute Gasteiger partial charge is 0.508 e.